The molecule has 2 nitrogen and oxygen atoms in total. The quantitative estimate of drug-likeness (QED) is 0.797. The zero-order valence-corrected chi connectivity index (χ0v) is 14.6. The summed E-state index contributed by atoms with van der Waals surface area (Å²) in [4.78, 5) is 0. The Morgan fingerprint density at radius 2 is 1.95 bits per heavy atom. The lowest BCUT2D eigenvalue weighted by Crippen LogP contribution is -2.47. The third kappa shape index (κ3) is 3.73. The van der Waals surface area contributed by atoms with Gasteiger partial charge >= 0.3 is 0 Å². The molecule has 0 bridgehead atoms. The number of methoxy groups -OCH3 is 1. The molecule has 0 aliphatic heterocycles. The molecule has 4 heteroatoms. The summed E-state index contributed by atoms with van der Waals surface area (Å²) < 4.78 is 6.03. The first-order valence-corrected chi connectivity index (χ1v) is 8.51. The van der Waals surface area contributed by atoms with Crippen LogP contribution in [0.3, 0.4) is 0 Å². The van der Waals surface area contributed by atoms with Gasteiger partial charge in [0.05, 0.1) is 21.7 Å². The molecule has 1 saturated carbocycles. The van der Waals surface area contributed by atoms with E-state index in [0.717, 1.165) is 30.9 Å². The summed E-state index contributed by atoms with van der Waals surface area (Å²) in [6.45, 7) is 5.34. The molecule has 0 aromatic heterocycles. The van der Waals surface area contributed by atoms with Gasteiger partial charge in [-0.3, -0.25) is 0 Å². The molecule has 1 atom stereocenters. The lowest BCUT2D eigenvalue weighted by atomic mass is 9.73. The number of hydrogen-bond acceptors (Lipinski definition) is 2. The maximum atomic E-state index is 6.21. The van der Waals surface area contributed by atoms with Crippen LogP contribution in [0, 0.1) is 5.92 Å². The van der Waals surface area contributed by atoms with E-state index in [1.807, 2.05) is 19.2 Å². The second-order valence-electron chi connectivity index (χ2n) is 6.12. The molecule has 1 aliphatic carbocycles. The van der Waals surface area contributed by atoms with E-state index in [0.29, 0.717) is 10.0 Å². The number of nitrogens with one attached hydrogen (secondary N) is 1. The van der Waals surface area contributed by atoms with Crippen molar-refractivity contribution in [2.24, 2.45) is 5.92 Å². The molecule has 0 heterocycles. The van der Waals surface area contributed by atoms with E-state index in [2.05, 4.69) is 25.2 Å². The third-order valence-corrected chi connectivity index (χ3v) is 5.48. The summed E-state index contributed by atoms with van der Waals surface area (Å²) >= 11 is 12.3. The van der Waals surface area contributed by atoms with Gasteiger partial charge in [-0.25, -0.2) is 0 Å². The number of halogens is 2. The van der Waals surface area contributed by atoms with Gasteiger partial charge in [-0.2, -0.15) is 0 Å². The van der Waals surface area contributed by atoms with Crippen molar-refractivity contribution >= 4 is 23.2 Å². The fraction of sp³-hybridized carbons (Fsp3) is 0.647. The van der Waals surface area contributed by atoms with Crippen LogP contribution in [-0.2, 0) is 4.74 Å². The number of likely N-dealkylation sites (N-methyl/N-ethyl adjacent to an activating group) is 1. The van der Waals surface area contributed by atoms with Crippen LogP contribution in [0.15, 0.2) is 18.2 Å². The molecule has 2 rings (SSSR count). The normalized spacial score (nSPS) is 27.6. The van der Waals surface area contributed by atoms with Crippen LogP contribution in [0.1, 0.15) is 51.1 Å². The molecular weight excluding hydrogens is 305 g/mol. The fourth-order valence-corrected chi connectivity index (χ4v) is 3.67. The lowest BCUT2D eigenvalue weighted by molar-refractivity contribution is -0.0757. The minimum atomic E-state index is -0.153. The minimum absolute atomic E-state index is 0.148. The summed E-state index contributed by atoms with van der Waals surface area (Å²) in [5.41, 5.74) is 1.00. The second kappa shape index (κ2) is 7.32. The van der Waals surface area contributed by atoms with Crippen LogP contribution in [0.25, 0.3) is 0 Å². The van der Waals surface area contributed by atoms with Gasteiger partial charge in [0.25, 0.3) is 0 Å². The zero-order chi connectivity index (χ0) is 15.5. The van der Waals surface area contributed by atoms with Crippen molar-refractivity contribution in [2.45, 2.75) is 51.2 Å². The Kier molecular flexibility index (Phi) is 5.96. The van der Waals surface area contributed by atoms with E-state index in [9.17, 15) is 0 Å². The van der Waals surface area contributed by atoms with Crippen molar-refractivity contribution in [3.05, 3.63) is 33.8 Å². The van der Waals surface area contributed by atoms with Crippen LogP contribution in [0.4, 0.5) is 0 Å². The van der Waals surface area contributed by atoms with Gasteiger partial charge in [0.15, 0.2) is 0 Å². The summed E-state index contributed by atoms with van der Waals surface area (Å²) in [7, 11) is 1.83. The topological polar surface area (TPSA) is 21.3 Å². The Morgan fingerprint density at radius 3 is 2.48 bits per heavy atom. The fourth-order valence-electron chi connectivity index (χ4n) is 3.37. The van der Waals surface area contributed by atoms with Crippen LogP contribution in [0.2, 0.25) is 10.0 Å². The van der Waals surface area contributed by atoms with Gasteiger partial charge in [-0.15, -0.1) is 0 Å². The Labute approximate surface area is 138 Å². The Morgan fingerprint density at radius 1 is 1.29 bits per heavy atom. The number of benzene rings is 1. The van der Waals surface area contributed by atoms with E-state index >= 15 is 0 Å². The van der Waals surface area contributed by atoms with Gasteiger partial charge < -0.3 is 10.1 Å². The van der Waals surface area contributed by atoms with E-state index < -0.39 is 0 Å². The molecule has 0 amide bonds. The van der Waals surface area contributed by atoms with Gasteiger partial charge in [-0.1, -0.05) is 43.1 Å². The van der Waals surface area contributed by atoms with E-state index in [1.54, 1.807) is 0 Å². The molecule has 0 spiro atoms. The Hall–Kier alpha value is -0.280. The summed E-state index contributed by atoms with van der Waals surface area (Å²) in [5.74, 6) is 0.782. The van der Waals surface area contributed by atoms with E-state index in [-0.39, 0.29) is 11.6 Å². The molecule has 1 fully saturated rings. The SMILES string of the molecule is CCNC(c1ccc(Cl)c(Cl)c1)C1(OC)CCC(C)CC1. The Bertz CT molecular complexity index is 470. The summed E-state index contributed by atoms with van der Waals surface area (Å²) in [6, 6.07) is 6.05. The van der Waals surface area contributed by atoms with Crippen molar-refractivity contribution in [2.75, 3.05) is 13.7 Å². The van der Waals surface area contributed by atoms with Crippen LogP contribution in [0.5, 0.6) is 0 Å². The maximum absolute atomic E-state index is 6.21. The molecule has 1 N–H and O–H groups in total. The molecule has 1 aromatic carbocycles. The highest BCUT2D eigenvalue weighted by Gasteiger charge is 2.42. The third-order valence-electron chi connectivity index (χ3n) is 4.74. The first kappa shape index (κ1) is 17.1. The van der Waals surface area contributed by atoms with Crippen molar-refractivity contribution in [3.8, 4) is 0 Å². The number of ether oxygens (including phenoxy) is 1. The monoisotopic (exact) mass is 329 g/mol. The van der Waals surface area contributed by atoms with Gasteiger partial charge in [-0.05, 0) is 55.8 Å². The number of rotatable bonds is 5. The minimum Gasteiger partial charge on any atom is -0.376 e. The highest BCUT2D eigenvalue weighted by atomic mass is 35.5. The van der Waals surface area contributed by atoms with Crippen LogP contribution in [-0.4, -0.2) is 19.3 Å². The highest BCUT2D eigenvalue weighted by molar-refractivity contribution is 6.42. The number of hydrogen-bond donors (Lipinski definition) is 1. The first-order valence-electron chi connectivity index (χ1n) is 7.76. The average molecular weight is 330 g/mol. The largest absolute Gasteiger partial charge is 0.376 e. The second-order valence-corrected chi connectivity index (χ2v) is 6.93. The molecule has 1 unspecified atom stereocenters. The summed E-state index contributed by atoms with van der Waals surface area (Å²) in [6.07, 6.45) is 4.55. The highest BCUT2D eigenvalue weighted by Crippen LogP contribution is 2.43. The van der Waals surface area contributed by atoms with Crippen LogP contribution < -0.4 is 5.32 Å². The van der Waals surface area contributed by atoms with Gasteiger partial charge in [0.1, 0.15) is 0 Å². The zero-order valence-electron chi connectivity index (χ0n) is 13.1. The predicted molar refractivity (Wildman–Crippen MR) is 90.3 cm³/mol. The van der Waals surface area contributed by atoms with Crippen LogP contribution >= 0.6 is 23.2 Å². The molecule has 0 saturated heterocycles. The van der Waals surface area contributed by atoms with Crippen molar-refractivity contribution in [1.29, 1.82) is 0 Å². The van der Waals surface area contributed by atoms with Crippen molar-refractivity contribution in [3.63, 3.8) is 0 Å². The Balaban J connectivity index is 2.33. The molecule has 1 aliphatic rings. The molecule has 0 radical (unpaired) electrons. The standard InChI is InChI=1S/C17H25Cl2NO/c1-4-20-16(13-5-6-14(18)15(19)11-13)17(21-3)9-7-12(2)8-10-17/h5-6,11-12,16,20H,4,7-10H2,1-3H3. The molecule has 1 aromatic rings. The summed E-state index contributed by atoms with van der Waals surface area (Å²) in [5, 5.41) is 4.80. The maximum Gasteiger partial charge on any atom is 0.0872 e. The average Bonchev–Trinajstić information content (AvgIpc) is 2.49. The molecule has 21 heavy (non-hydrogen) atoms. The van der Waals surface area contributed by atoms with E-state index in [4.69, 9.17) is 27.9 Å². The van der Waals surface area contributed by atoms with Crippen molar-refractivity contribution < 1.29 is 4.74 Å². The van der Waals surface area contributed by atoms with E-state index in [1.165, 1.54) is 12.8 Å². The van der Waals surface area contributed by atoms with Crippen molar-refractivity contribution in [1.82, 2.24) is 5.32 Å². The predicted octanol–water partition coefficient (Wildman–Crippen LogP) is 5.24. The first-order chi connectivity index (χ1) is 10.0. The van der Waals surface area contributed by atoms with Gasteiger partial charge in [0, 0.05) is 7.11 Å². The lowest BCUT2D eigenvalue weighted by Gasteiger charge is -2.44. The molecular formula is C17H25Cl2NO. The smallest absolute Gasteiger partial charge is 0.0872 e. The van der Waals surface area contributed by atoms with Gasteiger partial charge in [0.2, 0.25) is 0 Å². The molecule has 118 valence electrons.